The lowest BCUT2D eigenvalue weighted by atomic mass is 10.1. The summed E-state index contributed by atoms with van der Waals surface area (Å²) in [6.45, 7) is -0.724. The van der Waals surface area contributed by atoms with Crippen LogP contribution in [0.15, 0.2) is 29.8 Å². The molecule has 0 aliphatic carbocycles. The van der Waals surface area contributed by atoms with E-state index in [0.29, 0.717) is 4.34 Å². The summed E-state index contributed by atoms with van der Waals surface area (Å²) in [7, 11) is -7.33. The number of methoxy groups -OCH3 is 1. The van der Waals surface area contributed by atoms with Crippen LogP contribution in [0.3, 0.4) is 0 Å². The molecule has 19 heteroatoms. The SMILES string of the molecule is CO[C@H]1[C@@H](O)[C@H]([n+]2cn(C)c3c(=O)[nH]c(N)nc32)O[C@@H]1COP(=O)([O-])OP(=O)(O)n1ccnc1. The summed E-state index contributed by atoms with van der Waals surface area (Å²) in [5.41, 5.74) is 5.36. The molecule has 4 heterocycles. The van der Waals surface area contributed by atoms with Gasteiger partial charge in [0, 0.05) is 19.5 Å². The lowest BCUT2D eigenvalue weighted by molar-refractivity contribution is -0.745. The zero-order valence-electron chi connectivity index (χ0n) is 17.7. The maximum Gasteiger partial charge on any atom is 0.444 e. The van der Waals surface area contributed by atoms with E-state index in [1.54, 1.807) is 7.05 Å². The van der Waals surface area contributed by atoms with Gasteiger partial charge in [0.25, 0.3) is 19.3 Å². The first-order valence-corrected chi connectivity index (χ1v) is 12.5. The number of aromatic nitrogens is 6. The summed E-state index contributed by atoms with van der Waals surface area (Å²) < 4.78 is 47.7. The van der Waals surface area contributed by atoms with Crippen molar-refractivity contribution < 1.29 is 46.9 Å². The Morgan fingerprint density at radius 2 is 2.18 bits per heavy atom. The van der Waals surface area contributed by atoms with E-state index in [2.05, 4.69) is 19.3 Å². The first-order chi connectivity index (χ1) is 15.9. The standard InChI is InChI=1S/C15H21N7O10P2/c1-20-7-22(12-9(20)13(24)19-15(16)18-12)14-10(23)11(29-2)8(31-14)5-30-34(27,28)32-33(25,26)21-4-3-17-6-21/h3-4,6-8,10-11,14,23H,5H2,1-2H3,(H4-,16,18,19,24,25,26,27,28)/t8-,10-,11-,14-/m1/s1. The molecule has 0 radical (unpaired) electrons. The van der Waals surface area contributed by atoms with Crippen molar-refractivity contribution >= 4 is 32.7 Å². The molecule has 1 aliphatic heterocycles. The fraction of sp³-hybridized carbons (Fsp3) is 0.467. The number of ether oxygens (including phenoxy) is 2. The van der Waals surface area contributed by atoms with Gasteiger partial charge in [0.15, 0.2) is 6.33 Å². The van der Waals surface area contributed by atoms with Crippen LogP contribution < -0.4 is 20.8 Å². The van der Waals surface area contributed by atoms with Crippen LogP contribution in [0, 0.1) is 0 Å². The highest BCUT2D eigenvalue weighted by Gasteiger charge is 2.48. The topological polar surface area (TPSA) is 233 Å². The Kier molecular flexibility index (Phi) is 6.50. The van der Waals surface area contributed by atoms with Crippen molar-refractivity contribution in [1.29, 1.82) is 0 Å². The number of rotatable bonds is 8. The average molecular weight is 521 g/mol. The second kappa shape index (κ2) is 8.96. The monoisotopic (exact) mass is 521 g/mol. The number of anilines is 1. The third kappa shape index (κ3) is 4.57. The Morgan fingerprint density at radius 3 is 2.82 bits per heavy atom. The summed E-state index contributed by atoms with van der Waals surface area (Å²) in [5, 5.41) is 10.8. The van der Waals surface area contributed by atoms with E-state index in [9.17, 15) is 28.8 Å². The van der Waals surface area contributed by atoms with Gasteiger partial charge in [-0.25, -0.2) is 22.8 Å². The van der Waals surface area contributed by atoms with Crippen LogP contribution in [0.4, 0.5) is 5.95 Å². The molecule has 34 heavy (non-hydrogen) atoms. The van der Waals surface area contributed by atoms with Crippen LogP contribution >= 0.6 is 15.6 Å². The second-order valence-electron chi connectivity index (χ2n) is 7.27. The second-order valence-corrected chi connectivity index (χ2v) is 10.5. The molecule has 0 spiro atoms. The number of aliphatic hydroxyl groups is 1. The van der Waals surface area contributed by atoms with E-state index in [1.165, 1.54) is 22.6 Å². The number of aliphatic hydroxyl groups excluding tert-OH is 1. The Bertz CT molecular complexity index is 1340. The zero-order valence-corrected chi connectivity index (χ0v) is 19.5. The predicted molar refractivity (Wildman–Crippen MR) is 109 cm³/mol. The number of phosphoric ester groups is 1. The molecular formula is C15H21N7O10P2. The molecule has 0 saturated carbocycles. The minimum Gasteiger partial charge on any atom is -0.756 e. The molecule has 0 bridgehead atoms. The van der Waals surface area contributed by atoms with Crippen molar-refractivity contribution in [1.82, 2.24) is 23.9 Å². The molecule has 5 N–H and O–H groups in total. The zero-order chi connectivity index (χ0) is 24.8. The number of nitrogens with zero attached hydrogens (tertiary/aromatic N) is 5. The molecule has 6 atom stereocenters. The molecule has 1 saturated heterocycles. The summed E-state index contributed by atoms with van der Waals surface area (Å²) in [6.07, 6.45) is -0.236. The van der Waals surface area contributed by atoms with E-state index in [0.717, 1.165) is 18.7 Å². The van der Waals surface area contributed by atoms with E-state index in [-0.39, 0.29) is 17.1 Å². The van der Waals surface area contributed by atoms with Crippen molar-refractivity contribution in [3.63, 3.8) is 0 Å². The van der Waals surface area contributed by atoms with E-state index in [4.69, 9.17) is 19.7 Å². The van der Waals surface area contributed by atoms with Crippen molar-refractivity contribution in [2.75, 3.05) is 19.5 Å². The maximum atomic E-state index is 12.2. The lowest BCUT2D eigenvalue weighted by Gasteiger charge is -2.27. The number of phosphoric acid groups is 1. The first kappa shape index (κ1) is 24.7. The quantitative estimate of drug-likeness (QED) is 0.181. The van der Waals surface area contributed by atoms with Crippen molar-refractivity contribution in [3.05, 3.63) is 35.4 Å². The van der Waals surface area contributed by atoms with E-state index in [1.807, 2.05) is 0 Å². The van der Waals surface area contributed by atoms with Gasteiger partial charge in [0.2, 0.25) is 11.7 Å². The highest BCUT2D eigenvalue weighted by molar-refractivity contribution is 7.62. The first-order valence-electron chi connectivity index (χ1n) is 9.54. The summed E-state index contributed by atoms with van der Waals surface area (Å²) in [4.78, 5) is 44.2. The molecule has 0 aromatic carbocycles. The third-order valence-electron chi connectivity index (χ3n) is 5.03. The van der Waals surface area contributed by atoms with E-state index >= 15 is 0 Å². The number of aryl methyl sites for hydroxylation is 1. The highest BCUT2D eigenvalue weighted by atomic mass is 31.3. The smallest absolute Gasteiger partial charge is 0.444 e. The number of imidazole rings is 2. The number of hydrogen-bond donors (Lipinski definition) is 4. The van der Waals surface area contributed by atoms with Gasteiger partial charge in [-0.05, 0) is 0 Å². The highest BCUT2D eigenvalue weighted by Crippen LogP contribution is 2.58. The van der Waals surface area contributed by atoms with Crippen LogP contribution in [0.2, 0.25) is 0 Å². The van der Waals surface area contributed by atoms with Crippen molar-refractivity contribution in [2.24, 2.45) is 7.05 Å². The van der Waals surface area contributed by atoms with Gasteiger partial charge < -0.3 is 34.6 Å². The minimum absolute atomic E-state index is 0.101. The van der Waals surface area contributed by atoms with Crippen LogP contribution in [-0.4, -0.2) is 65.9 Å². The Balaban J connectivity index is 1.54. The molecule has 3 aromatic heterocycles. The van der Waals surface area contributed by atoms with Gasteiger partial charge in [-0.15, -0.1) is 0 Å². The van der Waals surface area contributed by atoms with Gasteiger partial charge in [0.05, 0.1) is 13.7 Å². The van der Waals surface area contributed by atoms with Crippen LogP contribution in [0.25, 0.3) is 11.2 Å². The summed E-state index contributed by atoms with van der Waals surface area (Å²) >= 11 is 0. The van der Waals surface area contributed by atoms with Gasteiger partial charge in [-0.3, -0.25) is 18.9 Å². The molecule has 3 aromatic rings. The minimum atomic E-state index is -5.32. The Morgan fingerprint density at radius 1 is 1.44 bits per heavy atom. The largest absolute Gasteiger partial charge is 0.756 e. The van der Waals surface area contributed by atoms with Crippen LogP contribution in [0.1, 0.15) is 6.23 Å². The fourth-order valence-corrected chi connectivity index (χ4v) is 5.91. The molecule has 186 valence electrons. The van der Waals surface area contributed by atoms with Crippen molar-refractivity contribution in [2.45, 2.75) is 24.5 Å². The Labute approximate surface area is 190 Å². The molecule has 0 amide bonds. The molecule has 1 fully saturated rings. The maximum absolute atomic E-state index is 12.2. The van der Waals surface area contributed by atoms with E-state index < -0.39 is 52.3 Å². The number of nitrogen functional groups attached to an aromatic ring is 1. The summed E-state index contributed by atoms with van der Waals surface area (Å²) in [5.74, 6) is -0.163. The molecular weight excluding hydrogens is 500 g/mol. The van der Waals surface area contributed by atoms with Gasteiger partial charge in [-0.2, -0.15) is 0 Å². The number of aromatic amines is 1. The van der Waals surface area contributed by atoms with Crippen molar-refractivity contribution in [3.8, 4) is 0 Å². The Hall–Kier alpha value is -2.46. The number of H-pyrrole nitrogens is 1. The number of nitrogens with one attached hydrogen (secondary N) is 1. The number of fused-ring (bicyclic) bond motifs is 1. The molecule has 2 unspecified atom stereocenters. The van der Waals surface area contributed by atoms with Gasteiger partial charge in [-0.1, -0.05) is 4.98 Å². The van der Waals surface area contributed by atoms with Gasteiger partial charge >= 0.3 is 13.4 Å². The molecule has 1 aliphatic rings. The van der Waals surface area contributed by atoms with Crippen LogP contribution in [-0.2, 0) is 34.5 Å². The number of nitrogens with two attached hydrogens (primary N) is 1. The molecule has 17 nitrogen and oxygen atoms in total. The molecule has 4 rings (SSSR count). The normalized spacial score (nSPS) is 26.5. The predicted octanol–water partition coefficient (Wildman–Crippen LogP) is -2.25. The number of hydrogen-bond acceptors (Lipinski definition) is 12. The average Bonchev–Trinajstić information content (AvgIpc) is 3.44. The summed E-state index contributed by atoms with van der Waals surface area (Å²) in [6, 6.07) is 0. The lowest BCUT2D eigenvalue weighted by Crippen LogP contribution is -2.46. The third-order valence-corrected chi connectivity index (χ3v) is 7.97. The fourth-order valence-electron chi connectivity index (χ4n) is 3.59. The van der Waals surface area contributed by atoms with Gasteiger partial charge in [0.1, 0.15) is 24.6 Å². The van der Waals surface area contributed by atoms with Crippen LogP contribution in [0.5, 0.6) is 0 Å².